The molecule has 1 nitrogen and oxygen atoms in total. The molecule has 1 aliphatic rings. The molecule has 19 heavy (non-hydrogen) atoms. The van der Waals surface area contributed by atoms with E-state index >= 15 is 0 Å². The second-order valence-corrected chi connectivity index (χ2v) is 7.81. The molecule has 0 spiro atoms. The van der Waals surface area contributed by atoms with Crippen LogP contribution in [0, 0.1) is 6.92 Å². The molecule has 1 N–H and O–H groups in total. The molecule has 2 rings (SSSR count). The molecule has 3 atom stereocenters. The summed E-state index contributed by atoms with van der Waals surface area (Å²) in [6.45, 7) is 4.55. The molecule has 0 saturated carbocycles. The molecule has 1 aromatic carbocycles. The number of thioether (sulfide) groups is 2. The van der Waals surface area contributed by atoms with Crippen LogP contribution >= 0.6 is 23.5 Å². The minimum absolute atomic E-state index is 0.587. The first-order chi connectivity index (χ1) is 9.26. The van der Waals surface area contributed by atoms with E-state index in [1.54, 1.807) is 0 Å². The lowest BCUT2D eigenvalue weighted by molar-refractivity contribution is 0.516. The predicted octanol–water partition coefficient (Wildman–Crippen LogP) is 3.75. The molecule has 1 heterocycles. The largest absolute Gasteiger partial charge is 0.316 e. The van der Waals surface area contributed by atoms with Gasteiger partial charge in [0.2, 0.25) is 0 Å². The lowest BCUT2D eigenvalue weighted by atomic mass is 9.97. The van der Waals surface area contributed by atoms with Gasteiger partial charge in [0, 0.05) is 28.0 Å². The molecular weight excluding hydrogens is 270 g/mol. The topological polar surface area (TPSA) is 12.0 Å². The van der Waals surface area contributed by atoms with Gasteiger partial charge in [-0.3, -0.25) is 0 Å². The molecule has 0 bridgehead atoms. The van der Waals surface area contributed by atoms with Crippen molar-refractivity contribution in [3.05, 3.63) is 35.4 Å². The molecule has 0 radical (unpaired) electrons. The molecule has 1 fully saturated rings. The number of likely N-dealkylation sites (N-methyl/N-ethyl adjacent to an activating group) is 1. The van der Waals surface area contributed by atoms with Crippen LogP contribution < -0.4 is 5.32 Å². The third-order valence-corrected chi connectivity index (χ3v) is 7.37. The molecule has 106 valence electrons. The van der Waals surface area contributed by atoms with Gasteiger partial charge in [0.25, 0.3) is 0 Å². The monoisotopic (exact) mass is 295 g/mol. The number of hydrogen-bond acceptors (Lipinski definition) is 3. The van der Waals surface area contributed by atoms with Crippen molar-refractivity contribution < 1.29 is 0 Å². The summed E-state index contributed by atoms with van der Waals surface area (Å²) in [6.07, 6.45) is 2.44. The van der Waals surface area contributed by atoms with E-state index in [1.165, 1.54) is 29.1 Å². The first-order valence-corrected chi connectivity index (χ1v) is 9.31. The Morgan fingerprint density at radius 3 is 2.68 bits per heavy atom. The lowest BCUT2D eigenvalue weighted by Crippen LogP contribution is -2.45. The van der Waals surface area contributed by atoms with Gasteiger partial charge in [-0.25, -0.2) is 0 Å². The summed E-state index contributed by atoms with van der Waals surface area (Å²) in [5, 5.41) is 5.13. The second kappa shape index (κ2) is 7.61. The van der Waals surface area contributed by atoms with Gasteiger partial charge in [-0.15, -0.1) is 0 Å². The standard InChI is InChI=1S/C16H25NS2/c1-4-15-16(19-10-9-18-15)14(17-3)11-13-8-6-5-7-12(13)2/h5-8,14-17H,4,9-11H2,1-3H3. The van der Waals surface area contributed by atoms with Crippen LogP contribution in [-0.4, -0.2) is 35.1 Å². The normalized spacial score (nSPS) is 25.2. The third kappa shape index (κ3) is 3.93. The number of rotatable bonds is 5. The van der Waals surface area contributed by atoms with Crippen LogP contribution in [0.1, 0.15) is 24.5 Å². The van der Waals surface area contributed by atoms with Gasteiger partial charge >= 0.3 is 0 Å². The highest BCUT2D eigenvalue weighted by molar-refractivity contribution is 8.07. The van der Waals surface area contributed by atoms with Crippen molar-refractivity contribution in [2.24, 2.45) is 0 Å². The molecule has 0 amide bonds. The smallest absolute Gasteiger partial charge is 0.0323 e. The van der Waals surface area contributed by atoms with Crippen LogP contribution in [0.3, 0.4) is 0 Å². The fourth-order valence-electron chi connectivity index (χ4n) is 2.77. The highest BCUT2D eigenvalue weighted by Gasteiger charge is 2.31. The van der Waals surface area contributed by atoms with Gasteiger partial charge in [-0.05, 0) is 37.9 Å². The molecule has 0 aliphatic carbocycles. The summed E-state index contributed by atoms with van der Waals surface area (Å²) in [5.74, 6) is 2.62. The molecule has 1 aliphatic heterocycles. The minimum Gasteiger partial charge on any atom is -0.316 e. The molecular formula is C16H25NS2. The van der Waals surface area contributed by atoms with Gasteiger partial charge in [0.1, 0.15) is 0 Å². The average molecular weight is 296 g/mol. The van der Waals surface area contributed by atoms with Crippen LogP contribution in [0.5, 0.6) is 0 Å². The predicted molar refractivity (Wildman–Crippen MR) is 90.5 cm³/mol. The van der Waals surface area contributed by atoms with Crippen molar-refractivity contribution >= 4 is 23.5 Å². The van der Waals surface area contributed by atoms with E-state index in [4.69, 9.17) is 0 Å². The van der Waals surface area contributed by atoms with E-state index in [1.807, 2.05) is 0 Å². The molecule has 1 aromatic rings. The zero-order valence-corrected chi connectivity index (χ0v) is 13.8. The summed E-state index contributed by atoms with van der Waals surface area (Å²) in [4.78, 5) is 0. The zero-order valence-electron chi connectivity index (χ0n) is 12.2. The van der Waals surface area contributed by atoms with E-state index in [9.17, 15) is 0 Å². The third-order valence-electron chi connectivity index (χ3n) is 3.96. The first-order valence-electron chi connectivity index (χ1n) is 7.21. The zero-order chi connectivity index (χ0) is 13.7. The van der Waals surface area contributed by atoms with Crippen LogP contribution in [0.25, 0.3) is 0 Å². The Hall–Kier alpha value is -0.120. The maximum atomic E-state index is 3.58. The highest BCUT2D eigenvalue weighted by atomic mass is 32.2. The van der Waals surface area contributed by atoms with Crippen LogP contribution in [-0.2, 0) is 6.42 Å². The molecule has 3 unspecified atom stereocenters. The first kappa shape index (κ1) is 15.3. The SMILES string of the molecule is CCC1SCCSC1C(Cc1ccccc1C)NC. The Kier molecular flexibility index (Phi) is 6.11. The second-order valence-electron chi connectivity index (χ2n) is 5.18. The summed E-state index contributed by atoms with van der Waals surface area (Å²) < 4.78 is 0. The van der Waals surface area contributed by atoms with Crippen molar-refractivity contribution in [2.45, 2.75) is 43.2 Å². The summed E-state index contributed by atoms with van der Waals surface area (Å²) in [6, 6.07) is 9.38. The molecule has 3 heteroatoms. The van der Waals surface area contributed by atoms with E-state index in [-0.39, 0.29) is 0 Å². The molecule has 1 saturated heterocycles. The maximum Gasteiger partial charge on any atom is 0.0323 e. The number of aryl methyl sites for hydroxylation is 1. The Morgan fingerprint density at radius 2 is 2.00 bits per heavy atom. The van der Waals surface area contributed by atoms with Crippen LogP contribution in [0.2, 0.25) is 0 Å². The number of nitrogens with one attached hydrogen (secondary N) is 1. The Balaban J connectivity index is 2.08. The van der Waals surface area contributed by atoms with E-state index in [0.29, 0.717) is 6.04 Å². The van der Waals surface area contributed by atoms with Gasteiger partial charge < -0.3 is 5.32 Å². The fraction of sp³-hybridized carbons (Fsp3) is 0.625. The quantitative estimate of drug-likeness (QED) is 0.888. The van der Waals surface area contributed by atoms with E-state index in [2.05, 4.69) is 74.0 Å². The lowest BCUT2D eigenvalue weighted by Gasteiger charge is -2.36. The Labute approximate surface area is 126 Å². The average Bonchev–Trinajstić information content (AvgIpc) is 2.46. The van der Waals surface area contributed by atoms with Crippen molar-refractivity contribution in [1.82, 2.24) is 5.32 Å². The van der Waals surface area contributed by atoms with Gasteiger partial charge in [-0.1, -0.05) is 31.2 Å². The van der Waals surface area contributed by atoms with Gasteiger partial charge in [0.15, 0.2) is 0 Å². The maximum absolute atomic E-state index is 3.58. The molecule has 0 aromatic heterocycles. The van der Waals surface area contributed by atoms with Crippen LogP contribution in [0.15, 0.2) is 24.3 Å². The Bertz CT molecular complexity index is 394. The Morgan fingerprint density at radius 1 is 1.26 bits per heavy atom. The summed E-state index contributed by atoms with van der Waals surface area (Å²) in [7, 11) is 2.12. The fourth-order valence-corrected chi connectivity index (χ4v) is 6.07. The van der Waals surface area contributed by atoms with Crippen LogP contribution in [0.4, 0.5) is 0 Å². The summed E-state index contributed by atoms with van der Waals surface area (Å²) in [5.41, 5.74) is 2.91. The minimum atomic E-state index is 0.587. The van der Waals surface area contributed by atoms with Gasteiger partial charge in [0.05, 0.1) is 0 Å². The van der Waals surface area contributed by atoms with Gasteiger partial charge in [-0.2, -0.15) is 23.5 Å². The summed E-state index contributed by atoms with van der Waals surface area (Å²) >= 11 is 4.34. The highest BCUT2D eigenvalue weighted by Crippen LogP contribution is 2.36. The van der Waals surface area contributed by atoms with Crippen molar-refractivity contribution in [2.75, 3.05) is 18.6 Å². The number of hydrogen-bond donors (Lipinski definition) is 1. The van der Waals surface area contributed by atoms with Crippen molar-refractivity contribution in [3.8, 4) is 0 Å². The van der Waals surface area contributed by atoms with E-state index in [0.717, 1.165) is 16.9 Å². The van der Waals surface area contributed by atoms with Crippen molar-refractivity contribution in [1.29, 1.82) is 0 Å². The number of benzene rings is 1. The van der Waals surface area contributed by atoms with Crippen molar-refractivity contribution in [3.63, 3.8) is 0 Å². The van der Waals surface area contributed by atoms with E-state index < -0.39 is 0 Å².